The molecule has 0 radical (unpaired) electrons. The number of carboxylic acid groups (broad SMARTS) is 1. The van der Waals surface area contributed by atoms with Crippen LogP contribution in [0.3, 0.4) is 0 Å². The smallest absolute Gasteiger partial charge is 0.326 e. The standard InChI is InChI=1S/C14H27N3O3/c1-5-12(13(18)19)15(4)14(20)17-8-6-16(7-9-17)10-11(2)3/h11-12H,5-10H2,1-4H3,(H,18,19). The van der Waals surface area contributed by atoms with Crippen molar-refractivity contribution in [2.24, 2.45) is 5.92 Å². The molecule has 2 amide bonds. The highest BCUT2D eigenvalue weighted by Gasteiger charge is 2.30. The van der Waals surface area contributed by atoms with Gasteiger partial charge >= 0.3 is 12.0 Å². The fourth-order valence-corrected chi connectivity index (χ4v) is 2.61. The monoisotopic (exact) mass is 285 g/mol. The third-order valence-electron chi connectivity index (χ3n) is 3.71. The van der Waals surface area contributed by atoms with Crippen LogP contribution in [0.15, 0.2) is 0 Å². The summed E-state index contributed by atoms with van der Waals surface area (Å²) in [7, 11) is 1.57. The number of carbonyl (C=O) groups is 2. The molecule has 1 unspecified atom stereocenters. The summed E-state index contributed by atoms with van der Waals surface area (Å²) in [6, 6.07) is -0.917. The van der Waals surface area contributed by atoms with Gasteiger partial charge < -0.3 is 14.9 Å². The van der Waals surface area contributed by atoms with Gasteiger partial charge in [0.2, 0.25) is 0 Å². The van der Waals surface area contributed by atoms with E-state index in [9.17, 15) is 9.59 Å². The van der Waals surface area contributed by atoms with Crippen molar-refractivity contribution in [3.8, 4) is 0 Å². The molecule has 1 aliphatic heterocycles. The number of piperazine rings is 1. The third-order valence-corrected chi connectivity index (χ3v) is 3.71. The number of urea groups is 1. The summed E-state index contributed by atoms with van der Waals surface area (Å²) >= 11 is 0. The molecule has 0 aromatic rings. The second-order valence-corrected chi connectivity index (χ2v) is 5.84. The maximum atomic E-state index is 12.3. The SMILES string of the molecule is CCC(C(=O)O)N(C)C(=O)N1CCN(CC(C)C)CC1. The largest absolute Gasteiger partial charge is 0.480 e. The number of hydrogen-bond acceptors (Lipinski definition) is 3. The van der Waals surface area contributed by atoms with Gasteiger partial charge in [-0.05, 0) is 12.3 Å². The Morgan fingerprint density at radius 1 is 1.20 bits per heavy atom. The van der Waals surface area contributed by atoms with Gasteiger partial charge in [-0.25, -0.2) is 9.59 Å². The van der Waals surface area contributed by atoms with Crippen molar-refractivity contribution in [3.05, 3.63) is 0 Å². The molecule has 6 heteroatoms. The van der Waals surface area contributed by atoms with E-state index in [1.54, 1.807) is 18.9 Å². The summed E-state index contributed by atoms with van der Waals surface area (Å²) in [4.78, 5) is 28.9. The van der Waals surface area contributed by atoms with Gasteiger partial charge in [0.05, 0.1) is 0 Å². The van der Waals surface area contributed by atoms with E-state index in [4.69, 9.17) is 5.11 Å². The van der Waals surface area contributed by atoms with E-state index in [2.05, 4.69) is 18.7 Å². The van der Waals surface area contributed by atoms with Crippen molar-refractivity contribution >= 4 is 12.0 Å². The average Bonchev–Trinajstić information content (AvgIpc) is 2.38. The lowest BCUT2D eigenvalue weighted by Gasteiger charge is -2.38. The summed E-state index contributed by atoms with van der Waals surface area (Å²) in [5.74, 6) is -0.321. The highest BCUT2D eigenvalue weighted by Crippen LogP contribution is 2.10. The van der Waals surface area contributed by atoms with Gasteiger partial charge in [0, 0.05) is 39.8 Å². The first-order chi connectivity index (χ1) is 9.36. The van der Waals surface area contributed by atoms with E-state index < -0.39 is 12.0 Å². The van der Waals surface area contributed by atoms with Crippen LogP contribution in [-0.4, -0.2) is 77.6 Å². The van der Waals surface area contributed by atoms with Gasteiger partial charge in [-0.1, -0.05) is 20.8 Å². The molecule has 6 nitrogen and oxygen atoms in total. The first-order valence-electron chi connectivity index (χ1n) is 7.33. The Labute approximate surface area is 121 Å². The zero-order valence-corrected chi connectivity index (χ0v) is 13.0. The number of likely N-dealkylation sites (N-methyl/N-ethyl adjacent to an activating group) is 1. The van der Waals surface area contributed by atoms with Crippen LogP contribution in [0.4, 0.5) is 4.79 Å². The fourth-order valence-electron chi connectivity index (χ4n) is 2.61. The molecule has 1 rings (SSSR count). The number of carbonyl (C=O) groups excluding carboxylic acids is 1. The predicted octanol–water partition coefficient (Wildman–Crippen LogP) is 1.17. The Morgan fingerprint density at radius 2 is 1.75 bits per heavy atom. The molecule has 1 heterocycles. The fraction of sp³-hybridized carbons (Fsp3) is 0.857. The lowest BCUT2D eigenvalue weighted by Crippen LogP contribution is -2.55. The minimum absolute atomic E-state index is 0.177. The summed E-state index contributed by atoms with van der Waals surface area (Å²) in [6.45, 7) is 10.3. The zero-order chi connectivity index (χ0) is 15.3. The van der Waals surface area contributed by atoms with E-state index in [0.29, 0.717) is 25.4 Å². The molecule has 1 fully saturated rings. The topological polar surface area (TPSA) is 64.1 Å². The number of carboxylic acids is 1. The zero-order valence-electron chi connectivity index (χ0n) is 13.0. The molecular formula is C14H27N3O3. The molecule has 1 aliphatic rings. The molecule has 0 aromatic carbocycles. The Hall–Kier alpha value is -1.30. The second-order valence-electron chi connectivity index (χ2n) is 5.84. The summed E-state index contributed by atoms with van der Waals surface area (Å²) < 4.78 is 0. The van der Waals surface area contributed by atoms with Crippen molar-refractivity contribution in [3.63, 3.8) is 0 Å². The molecule has 0 bridgehead atoms. The van der Waals surface area contributed by atoms with Crippen molar-refractivity contribution in [2.45, 2.75) is 33.2 Å². The normalized spacial score (nSPS) is 18.1. The van der Waals surface area contributed by atoms with Gasteiger partial charge in [0.15, 0.2) is 0 Å². The van der Waals surface area contributed by atoms with E-state index in [-0.39, 0.29) is 6.03 Å². The van der Waals surface area contributed by atoms with Crippen LogP contribution in [0.25, 0.3) is 0 Å². The highest BCUT2D eigenvalue weighted by atomic mass is 16.4. The van der Waals surface area contributed by atoms with Gasteiger partial charge in [-0.15, -0.1) is 0 Å². The molecule has 20 heavy (non-hydrogen) atoms. The second kappa shape index (κ2) is 7.47. The van der Waals surface area contributed by atoms with E-state index in [0.717, 1.165) is 19.6 Å². The number of aliphatic carboxylic acids is 1. The minimum Gasteiger partial charge on any atom is -0.480 e. The van der Waals surface area contributed by atoms with Gasteiger partial charge in [0.25, 0.3) is 0 Å². The summed E-state index contributed by atoms with van der Waals surface area (Å²) in [5, 5.41) is 9.11. The van der Waals surface area contributed by atoms with Crippen LogP contribution in [0.5, 0.6) is 0 Å². The maximum absolute atomic E-state index is 12.3. The lowest BCUT2D eigenvalue weighted by atomic mass is 10.2. The summed E-state index contributed by atoms with van der Waals surface area (Å²) in [6.07, 6.45) is 0.422. The Kier molecular flexibility index (Phi) is 6.26. The van der Waals surface area contributed by atoms with Gasteiger partial charge in [-0.3, -0.25) is 4.90 Å². The van der Waals surface area contributed by atoms with Crippen LogP contribution in [0, 0.1) is 5.92 Å². The number of amides is 2. The van der Waals surface area contributed by atoms with E-state index in [1.165, 1.54) is 4.90 Å². The van der Waals surface area contributed by atoms with E-state index in [1.807, 2.05) is 0 Å². The first-order valence-corrected chi connectivity index (χ1v) is 7.33. The number of hydrogen-bond donors (Lipinski definition) is 1. The van der Waals surface area contributed by atoms with Gasteiger partial charge in [0.1, 0.15) is 6.04 Å². The van der Waals surface area contributed by atoms with Crippen molar-refractivity contribution in [1.29, 1.82) is 0 Å². The number of nitrogens with zero attached hydrogens (tertiary/aromatic N) is 3. The molecule has 1 saturated heterocycles. The molecule has 116 valence electrons. The number of rotatable bonds is 5. The Morgan fingerprint density at radius 3 is 2.15 bits per heavy atom. The molecular weight excluding hydrogens is 258 g/mol. The molecule has 0 saturated carbocycles. The molecule has 1 atom stereocenters. The Balaban J connectivity index is 2.51. The predicted molar refractivity (Wildman–Crippen MR) is 77.7 cm³/mol. The molecule has 1 N–H and O–H groups in total. The minimum atomic E-state index is -0.943. The first kappa shape index (κ1) is 16.8. The lowest BCUT2D eigenvalue weighted by molar-refractivity contribution is -0.142. The van der Waals surface area contributed by atoms with Crippen LogP contribution in [0.1, 0.15) is 27.2 Å². The van der Waals surface area contributed by atoms with Crippen molar-refractivity contribution in [2.75, 3.05) is 39.8 Å². The summed E-state index contributed by atoms with van der Waals surface area (Å²) in [5.41, 5.74) is 0. The van der Waals surface area contributed by atoms with Crippen molar-refractivity contribution in [1.82, 2.24) is 14.7 Å². The van der Waals surface area contributed by atoms with Crippen LogP contribution < -0.4 is 0 Å². The van der Waals surface area contributed by atoms with Gasteiger partial charge in [-0.2, -0.15) is 0 Å². The average molecular weight is 285 g/mol. The van der Waals surface area contributed by atoms with Crippen LogP contribution >= 0.6 is 0 Å². The molecule has 0 aliphatic carbocycles. The molecule has 0 spiro atoms. The maximum Gasteiger partial charge on any atom is 0.326 e. The van der Waals surface area contributed by atoms with E-state index >= 15 is 0 Å². The third kappa shape index (κ3) is 4.37. The Bertz CT molecular complexity index is 339. The van der Waals surface area contributed by atoms with Crippen LogP contribution in [-0.2, 0) is 4.79 Å². The highest BCUT2D eigenvalue weighted by molar-refractivity contribution is 5.82. The quantitative estimate of drug-likeness (QED) is 0.823. The van der Waals surface area contributed by atoms with Crippen molar-refractivity contribution < 1.29 is 14.7 Å². The van der Waals surface area contributed by atoms with Crippen LogP contribution in [0.2, 0.25) is 0 Å². The molecule has 0 aromatic heterocycles.